The quantitative estimate of drug-likeness (QED) is 0.522. The number of nitrogens with zero attached hydrogens (tertiary/aromatic N) is 2. The third-order valence-electron chi connectivity index (χ3n) is 3.67. The van der Waals surface area contributed by atoms with E-state index in [1.165, 1.54) is 0 Å². The second-order valence-electron chi connectivity index (χ2n) is 5.57. The predicted molar refractivity (Wildman–Crippen MR) is 95.6 cm³/mol. The van der Waals surface area contributed by atoms with E-state index in [0.717, 1.165) is 31.5 Å². The second-order valence-corrected chi connectivity index (χ2v) is 7.67. The molecule has 3 nitrogen and oxygen atoms in total. The molecule has 23 heavy (non-hydrogen) atoms. The van der Waals surface area contributed by atoms with Crippen LogP contribution in [0.5, 0.6) is 0 Å². The van der Waals surface area contributed by atoms with Crippen molar-refractivity contribution in [3.05, 3.63) is 70.3 Å². The van der Waals surface area contributed by atoms with Gasteiger partial charge in [0.15, 0.2) is 0 Å². The van der Waals surface area contributed by atoms with E-state index >= 15 is 0 Å². The summed E-state index contributed by atoms with van der Waals surface area (Å²) in [5, 5.41) is 0. The van der Waals surface area contributed by atoms with E-state index < -0.39 is 0 Å². The Balaban J connectivity index is 1.93. The van der Waals surface area contributed by atoms with E-state index in [1.54, 1.807) is 0 Å². The van der Waals surface area contributed by atoms with Gasteiger partial charge < -0.3 is 0 Å². The molecule has 3 rings (SSSR count). The number of hydrogen-bond donors (Lipinski definition) is 0. The van der Waals surface area contributed by atoms with Crippen molar-refractivity contribution in [2.24, 2.45) is 0 Å². The minimum absolute atomic E-state index is 0.0450. The minimum atomic E-state index is -0.0450. The van der Waals surface area contributed by atoms with Crippen LogP contribution in [0.2, 0.25) is 0 Å². The molecule has 4 heteroatoms. The van der Waals surface area contributed by atoms with Crippen LogP contribution in [0.4, 0.5) is 5.69 Å². The molecule has 1 heterocycles. The molecule has 116 valence electrons. The summed E-state index contributed by atoms with van der Waals surface area (Å²) in [6.07, 6.45) is 0. The fourth-order valence-electron chi connectivity index (χ4n) is 2.35. The molecule has 0 saturated heterocycles. The van der Waals surface area contributed by atoms with Crippen molar-refractivity contribution >= 4 is 26.0 Å². The Morgan fingerprint density at radius 3 is 2.26 bits per heavy atom. The number of carbonyl (C=O) groups is 1. The average Bonchev–Trinajstić information content (AvgIpc) is 2.97. The summed E-state index contributed by atoms with van der Waals surface area (Å²) in [4.78, 5) is 19.4. The van der Waals surface area contributed by atoms with E-state index in [4.69, 9.17) is 0 Å². The van der Waals surface area contributed by atoms with Gasteiger partial charge in [-0.15, -0.1) is 0 Å². The summed E-state index contributed by atoms with van der Waals surface area (Å²) in [5.41, 5.74) is 3.85. The number of aryl methyl sites for hydroxylation is 1. The van der Waals surface area contributed by atoms with Crippen molar-refractivity contribution in [2.75, 3.05) is 19.0 Å². The first-order chi connectivity index (χ1) is 11.1. The SMILES string of the molecule is Cc1nc(-c2ccc(N(C)C)cc2)[se]c1C(=O)c1ccccc1. The van der Waals surface area contributed by atoms with E-state index in [0.29, 0.717) is 0 Å². The average molecular weight is 369 g/mol. The van der Waals surface area contributed by atoms with Gasteiger partial charge >= 0.3 is 142 Å². The molecule has 3 aromatic rings. The summed E-state index contributed by atoms with van der Waals surface area (Å²) >= 11 is -0.0450. The molecule has 0 N–H and O–H groups in total. The van der Waals surface area contributed by atoms with Crippen LogP contribution >= 0.6 is 0 Å². The zero-order chi connectivity index (χ0) is 16.4. The molecule has 0 atom stereocenters. The van der Waals surface area contributed by atoms with Crippen LogP contribution in [0, 0.1) is 6.92 Å². The Labute approximate surface area is 142 Å². The van der Waals surface area contributed by atoms with Crippen molar-refractivity contribution in [1.29, 1.82) is 0 Å². The first kappa shape index (κ1) is 15.7. The first-order valence-electron chi connectivity index (χ1n) is 7.41. The van der Waals surface area contributed by atoms with Crippen molar-refractivity contribution in [2.45, 2.75) is 6.92 Å². The van der Waals surface area contributed by atoms with Crippen molar-refractivity contribution in [3.63, 3.8) is 0 Å². The molecule has 0 unspecified atom stereocenters. The third-order valence-corrected chi connectivity index (χ3v) is 6.20. The number of benzene rings is 2. The van der Waals surface area contributed by atoms with Gasteiger partial charge in [-0.1, -0.05) is 0 Å². The van der Waals surface area contributed by atoms with Crippen LogP contribution in [0.15, 0.2) is 54.6 Å². The molecular formula is C19H18N2OSe. The molecule has 0 spiro atoms. The van der Waals surface area contributed by atoms with Gasteiger partial charge in [0.1, 0.15) is 0 Å². The fraction of sp³-hybridized carbons (Fsp3) is 0.158. The van der Waals surface area contributed by atoms with E-state index in [2.05, 4.69) is 34.1 Å². The molecule has 2 aromatic carbocycles. The molecule has 0 aliphatic heterocycles. The van der Waals surface area contributed by atoms with Gasteiger partial charge in [-0.05, 0) is 0 Å². The molecule has 1 aromatic heterocycles. The number of rotatable bonds is 4. The van der Waals surface area contributed by atoms with E-state index in [1.807, 2.05) is 51.4 Å². The summed E-state index contributed by atoms with van der Waals surface area (Å²) in [6.45, 7) is 1.93. The number of ketones is 1. The molecule has 0 amide bonds. The van der Waals surface area contributed by atoms with Gasteiger partial charge in [0.2, 0.25) is 0 Å². The predicted octanol–water partition coefficient (Wildman–Crippen LogP) is 3.41. The van der Waals surface area contributed by atoms with Crippen molar-refractivity contribution in [3.8, 4) is 10.1 Å². The topological polar surface area (TPSA) is 33.2 Å². The van der Waals surface area contributed by atoms with Gasteiger partial charge in [0.25, 0.3) is 0 Å². The number of hydrogen-bond acceptors (Lipinski definition) is 3. The zero-order valence-electron chi connectivity index (χ0n) is 13.4. The van der Waals surface area contributed by atoms with Crippen LogP contribution in [-0.2, 0) is 0 Å². The summed E-state index contributed by atoms with van der Waals surface area (Å²) in [7, 11) is 4.04. The molecule has 0 aliphatic carbocycles. The van der Waals surface area contributed by atoms with Crippen LogP contribution in [0.25, 0.3) is 10.1 Å². The van der Waals surface area contributed by atoms with Crippen LogP contribution in [0.1, 0.15) is 20.5 Å². The van der Waals surface area contributed by atoms with E-state index in [9.17, 15) is 4.79 Å². The normalized spacial score (nSPS) is 10.6. The van der Waals surface area contributed by atoms with Gasteiger partial charge in [-0.25, -0.2) is 0 Å². The van der Waals surface area contributed by atoms with Crippen LogP contribution in [-0.4, -0.2) is 39.4 Å². The Bertz CT molecular complexity index is 820. The van der Waals surface area contributed by atoms with Crippen LogP contribution < -0.4 is 4.90 Å². The molecule has 0 saturated carbocycles. The number of anilines is 1. The molecule has 0 radical (unpaired) electrons. The number of carbonyl (C=O) groups excluding carboxylic acids is 1. The van der Waals surface area contributed by atoms with Gasteiger partial charge in [-0.3, -0.25) is 0 Å². The van der Waals surface area contributed by atoms with Crippen LogP contribution in [0.3, 0.4) is 0 Å². The maximum absolute atomic E-state index is 12.7. The zero-order valence-corrected chi connectivity index (χ0v) is 15.1. The molecule has 0 fully saturated rings. The van der Waals surface area contributed by atoms with E-state index in [-0.39, 0.29) is 20.3 Å². The molecular weight excluding hydrogens is 351 g/mol. The second kappa shape index (κ2) is 6.53. The van der Waals surface area contributed by atoms with Gasteiger partial charge in [0.05, 0.1) is 0 Å². The third kappa shape index (κ3) is 3.29. The number of aromatic nitrogens is 1. The summed E-state index contributed by atoms with van der Waals surface area (Å²) in [5.74, 6) is 0.103. The Hall–Kier alpha value is -2.16. The molecule has 0 bridgehead atoms. The first-order valence-corrected chi connectivity index (χ1v) is 9.12. The Morgan fingerprint density at radius 1 is 1.00 bits per heavy atom. The van der Waals surface area contributed by atoms with Crippen molar-refractivity contribution in [1.82, 2.24) is 4.98 Å². The maximum atomic E-state index is 12.7. The fourth-order valence-corrected chi connectivity index (χ4v) is 4.52. The Kier molecular flexibility index (Phi) is 4.46. The standard InChI is InChI=1S/C19H18N2OSe/c1-13-18(17(22)14-7-5-4-6-8-14)23-19(20-13)15-9-11-16(12-10-15)21(2)3/h4-12H,1-3H3. The van der Waals surface area contributed by atoms with Gasteiger partial charge in [-0.2, -0.15) is 0 Å². The summed E-state index contributed by atoms with van der Waals surface area (Å²) in [6, 6.07) is 17.8. The van der Waals surface area contributed by atoms with Crippen molar-refractivity contribution < 1.29 is 4.79 Å². The summed E-state index contributed by atoms with van der Waals surface area (Å²) < 4.78 is 1.88. The Morgan fingerprint density at radius 2 is 1.65 bits per heavy atom. The van der Waals surface area contributed by atoms with Gasteiger partial charge in [0, 0.05) is 0 Å². The molecule has 0 aliphatic rings. The monoisotopic (exact) mass is 370 g/mol.